The number of halogens is 1. The molecule has 0 atom stereocenters. The fraction of sp³-hybridized carbons (Fsp3) is 0.125. The van der Waals surface area contributed by atoms with Crippen molar-refractivity contribution in [2.45, 2.75) is 12.8 Å². The molecule has 0 unspecified atom stereocenters. The maximum atomic E-state index is 10.5. The van der Waals surface area contributed by atoms with E-state index in [2.05, 4.69) is 0 Å². The summed E-state index contributed by atoms with van der Waals surface area (Å²) in [6, 6.07) is 13.5. The third-order valence-electron chi connectivity index (χ3n) is 2.66. The molecule has 0 saturated carbocycles. The number of aryl methyl sites for hydroxylation is 1. The van der Waals surface area contributed by atoms with Crippen LogP contribution in [0.15, 0.2) is 48.5 Å². The molecule has 0 aromatic heterocycles. The van der Waals surface area contributed by atoms with E-state index >= 15 is 0 Å². The van der Waals surface area contributed by atoms with Gasteiger partial charge in [-0.1, -0.05) is 35.9 Å². The molecule has 5 heteroatoms. The summed E-state index contributed by atoms with van der Waals surface area (Å²) in [7, 11) is 0. The molecule has 0 aliphatic heterocycles. The van der Waals surface area contributed by atoms with Crippen molar-refractivity contribution in [2.24, 2.45) is 0 Å². The molecule has 2 rings (SSSR count). The van der Waals surface area contributed by atoms with Gasteiger partial charge in [0.15, 0.2) is 0 Å². The molecular weight excluding hydrogens is 292 g/mol. The van der Waals surface area contributed by atoms with Crippen molar-refractivity contribution in [1.29, 1.82) is 0 Å². The molecule has 21 heavy (non-hydrogen) atoms. The van der Waals surface area contributed by atoms with E-state index in [1.165, 1.54) is 0 Å². The van der Waals surface area contributed by atoms with E-state index in [1.807, 2.05) is 13.0 Å². The van der Waals surface area contributed by atoms with Gasteiger partial charge in [0, 0.05) is 5.88 Å². The third-order valence-corrected chi connectivity index (χ3v) is 2.94. The first-order chi connectivity index (χ1) is 9.95. The molecule has 0 amide bonds. The number of carbonyl (C=O) groups is 2. The Morgan fingerprint density at radius 1 is 1.00 bits per heavy atom. The van der Waals surface area contributed by atoms with E-state index in [-0.39, 0.29) is 11.4 Å². The highest BCUT2D eigenvalue weighted by atomic mass is 35.5. The minimum atomic E-state index is -0.929. The smallest absolute Gasteiger partial charge is 0.336 e. The number of carboxylic acids is 2. The van der Waals surface area contributed by atoms with E-state index in [9.17, 15) is 9.59 Å². The highest BCUT2D eigenvalue weighted by Crippen LogP contribution is 2.10. The van der Waals surface area contributed by atoms with E-state index < -0.39 is 11.9 Å². The van der Waals surface area contributed by atoms with Crippen molar-refractivity contribution in [1.82, 2.24) is 0 Å². The molecule has 0 spiro atoms. The normalized spacial score (nSPS) is 9.43. The van der Waals surface area contributed by atoms with Crippen molar-refractivity contribution in [3.05, 3.63) is 70.8 Å². The maximum Gasteiger partial charge on any atom is 0.336 e. The van der Waals surface area contributed by atoms with Gasteiger partial charge in [-0.15, -0.1) is 11.6 Å². The molecule has 0 heterocycles. The van der Waals surface area contributed by atoms with Crippen LogP contribution >= 0.6 is 11.6 Å². The minimum absolute atomic E-state index is 0.239. The van der Waals surface area contributed by atoms with Crippen LogP contribution in [0.4, 0.5) is 0 Å². The van der Waals surface area contributed by atoms with Crippen LogP contribution < -0.4 is 0 Å². The van der Waals surface area contributed by atoms with Crippen LogP contribution in [0.1, 0.15) is 31.8 Å². The number of aromatic carboxylic acids is 2. The van der Waals surface area contributed by atoms with Gasteiger partial charge in [-0.05, 0) is 30.7 Å². The van der Waals surface area contributed by atoms with Gasteiger partial charge in [-0.2, -0.15) is 0 Å². The monoisotopic (exact) mass is 306 g/mol. The Balaban J connectivity index is 0.000000211. The second kappa shape index (κ2) is 8.07. The van der Waals surface area contributed by atoms with E-state index in [0.29, 0.717) is 11.1 Å². The van der Waals surface area contributed by atoms with Gasteiger partial charge in [0.1, 0.15) is 0 Å². The second-order valence-electron chi connectivity index (χ2n) is 4.27. The molecule has 2 aromatic rings. The van der Waals surface area contributed by atoms with Gasteiger partial charge >= 0.3 is 11.9 Å². The predicted molar refractivity (Wildman–Crippen MR) is 81.1 cm³/mol. The lowest BCUT2D eigenvalue weighted by Crippen LogP contribution is -1.99. The summed E-state index contributed by atoms with van der Waals surface area (Å²) in [5.74, 6) is -1.56. The Hall–Kier alpha value is -2.33. The largest absolute Gasteiger partial charge is 0.478 e. The number of alkyl halides is 1. The van der Waals surface area contributed by atoms with Gasteiger partial charge in [0.05, 0.1) is 11.1 Å². The number of rotatable bonds is 3. The standard InChI is InChI=1S/C8H7ClO2.C8H8O2/c9-5-6-3-1-2-4-7(6)8(10)11;1-6-3-2-4-7(5-6)8(9)10/h1-4H,5H2,(H,10,11);2-5H,1H3,(H,9,10). The fourth-order valence-corrected chi connectivity index (χ4v) is 1.86. The summed E-state index contributed by atoms with van der Waals surface area (Å²) in [6.07, 6.45) is 0. The lowest BCUT2D eigenvalue weighted by molar-refractivity contribution is 0.0685. The average molecular weight is 307 g/mol. The highest BCUT2D eigenvalue weighted by molar-refractivity contribution is 6.17. The van der Waals surface area contributed by atoms with Crippen LogP contribution in [0.25, 0.3) is 0 Å². The van der Waals surface area contributed by atoms with Crippen LogP contribution in [0.3, 0.4) is 0 Å². The summed E-state index contributed by atoms with van der Waals surface area (Å²) in [5.41, 5.74) is 2.25. The third kappa shape index (κ3) is 5.28. The van der Waals surface area contributed by atoms with E-state index in [0.717, 1.165) is 5.56 Å². The number of hydrogen-bond acceptors (Lipinski definition) is 2. The second-order valence-corrected chi connectivity index (χ2v) is 4.54. The van der Waals surface area contributed by atoms with Crippen molar-refractivity contribution in [2.75, 3.05) is 0 Å². The number of benzene rings is 2. The Kier molecular flexibility index (Phi) is 6.43. The van der Waals surface area contributed by atoms with Gasteiger partial charge in [0.2, 0.25) is 0 Å². The minimum Gasteiger partial charge on any atom is -0.478 e. The zero-order valence-corrected chi connectivity index (χ0v) is 12.2. The lowest BCUT2D eigenvalue weighted by atomic mass is 10.1. The fourth-order valence-electron chi connectivity index (χ4n) is 1.62. The molecular formula is C16H15ClO4. The first-order valence-electron chi connectivity index (χ1n) is 6.12. The first-order valence-corrected chi connectivity index (χ1v) is 6.66. The quantitative estimate of drug-likeness (QED) is 0.845. The van der Waals surface area contributed by atoms with Crippen LogP contribution in [0.2, 0.25) is 0 Å². The zero-order valence-electron chi connectivity index (χ0n) is 11.4. The SMILES string of the molecule is Cc1cccc(C(=O)O)c1.O=C(O)c1ccccc1CCl. The van der Waals surface area contributed by atoms with Crippen LogP contribution in [-0.4, -0.2) is 22.2 Å². The zero-order chi connectivity index (χ0) is 15.8. The molecule has 0 bridgehead atoms. The van der Waals surface area contributed by atoms with Crippen molar-refractivity contribution in [3.63, 3.8) is 0 Å². The van der Waals surface area contributed by atoms with Gasteiger partial charge in [-0.25, -0.2) is 9.59 Å². The Morgan fingerprint density at radius 2 is 1.67 bits per heavy atom. The Bertz CT molecular complexity index is 638. The number of hydrogen-bond donors (Lipinski definition) is 2. The summed E-state index contributed by atoms with van der Waals surface area (Å²) >= 11 is 5.51. The van der Waals surface area contributed by atoms with Crippen LogP contribution in [-0.2, 0) is 5.88 Å². The molecule has 2 aromatic carbocycles. The molecule has 0 radical (unpaired) electrons. The van der Waals surface area contributed by atoms with Gasteiger partial charge in [0.25, 0.3) is 0 Å². The van der Waals surface area contributed by atoms with Crippen molar-refractivity contribution < 1.29 is 19.8 Å². The topological polar surface area (TPSA) is 74.6 Å². The molecule has 4 nitrogen and oxygen atoms in total. The van der Waals surface area contributed by atoms with Gasteiger partial charge < -0.3 is 10.2 Å². The maximum absolute atomic E-state index is 10.5. The predicted octanol–water partition coefficient (Wildman–Crippen LogP) is 3.82. The average Bonchev–Trinajstić information content (AvgIpc) is 2.47. The molecule has 110 valence electrons. The lowest BCUT2D eigenvalue weighted by Gasteiger charge is -1.99. The summed E-state index contributed by atoms with van der Waals surface area (Å²) in [5, 5.41) is 17.1. The van der Waals surface area contributed by atoms with Gasteiger partial charge in [-0.3, -0.25) is 0 Å². The van der Waals surface area contributed by atoms with E-state index in [1.54, 1.807) is 42.5 Å². The molecule has 0 aliphatic carbocycles. The van der Waals surface area contributed by atoms with Crippen molar-refractivity contribution >= 4 is 23.5 Å². The first kappa shape index (κ1) is 16.7. The van der Waals surface area contributed by atoms with E-state index in [4.69, 9.17) is 21.8 Å². The summed E-state index contributed by atoms with van der Waals surface area (Å²) in [4.78, 5) is 20.9. The molecule has 0 saturated heterocycles. The Labute approximate surface area is 127 Å². The van der Waals surface area contributed by atoms with Crippen LogP contribution in [0.5, 0.6) is 0 Å². The van der Waals surface area contributed by atoms with Crippen molar-refractivity contribution in [3.8, 4) is 0 Å². The molecule has 2 N–H and O–H groups in total. The summed E-state index contributed by atoms with van der Waals surface area (Å²) < 4.78 is 0. The number of carboxylic acid groups (broad SMARTS) is 2. The Morgan fingerprint density at radius 3 is 2.10 bits per heavy atom. The molecule has 0 fully saturated rings. The highest BCUT2D eigenvalue weighted by Gasteiger charge is 2.06. The van der Waals surface area contributed by atoms with Crippen LogP contribution in [0, 0.1) is 6.92 Å². The summed E-state index contributed by atoms with van der Waals surface area (Å²) in [6.45, 7) is 1.87. The molecule has 0 aliphatic rings.